The number of amides is 1. The highest BCUT2D eigenvalue weighted by Gasteiger charge is 2.23. The van der Waals surface area contributed by atoms with E-state index in [1.54, 1.807) is 25.1 Å². The van der Waals surface area contributed by atoms with Gasteiger partial charge in [-0.05, 0) is 31.0 Å². The van der Waals surface area contributed by atoms with Gasteiger partial charge < -0.3 is 10.4 Å². The zero-order valence-electron chi connectivity index (χ0n) is 10.0. The molecule has 0 saturated heterocycles. The van der Waals surface area contributed by atoms with Gasteiger partial charge in [0.15, 0.2) is 0 Å². The molecule has 17 heavy (non-hydrogen) atoms. The SMILES string of the molecule is CCC(C)(C#N)NC(=O)Cc1cccc(O)c1. The minimum atomic E-state index is -0.825. The second-order valence-corrected chi connectivity index (χ2v) is 4.19. The Morgan fingerprint density at radius 3 is 2.82 bits per heavy atom. The molecule has 0 aromatic heterocycles. The Balaban J connectivity index is 2.65. The van der Waals surface area contributed by atoms with E-state index in [0.717, 1.165) is 5.56 Å². The topological polar surface area (TPSA) is 73.1 Å². The number of nitrogens with zero attached hydrogens (tertiary/aromatic N) is 1. The number of rotatable bonds is 4. The van der Waals surface area contributed by atoms with E-state index in [1.807, 2.05) is 6.92 Å². The van der Waals surface area contributed by atoms with Gasteiger partial charge in [0, 0.05) is 0 Å². The van der Waals surface area contributed by atoms with E-state index in [0.29, 0.717) is 6.42 Å². The monoisotopic (exact) mass is 232 g/mol. The molecule has 0 bridgehead atoms. The number of phenolic OH excluding ortho intramolecular Hbond substituents is 1. The normalized spacial score (nSPS) is 13.5. The van der Waals surface area contributed by atoms with Crippen LogP contribution in [0.2, 0.25) is 0 Å². The third-order valence-corrected chi connectivity index (χ3v) is 2.64. The van der Waals surface area contributed by atoms with Crippen molar-refractivity contribution in [2.75, 3.05) is 0 Å². The van der Waals surface area contributed by atoms with E-state index in [2.05, 4.69) is 11.4 Å². The highest BCUT2D eigenvalue weighted by molar-refractivity contribution is 5.79. The standard InChI is InChI=1S/C13H16N2O2/c1-3-13(2,9-14)15-12(17)8-10-5-4-6-11(16)7-10/h4-7,16H,3,8H2,1-2H3,(H,15,17). The van der Waals surface area contributed by atoms with Crippen molar-refractivity contribution in [3.8, 4) is 11.8 Å². The molecule has 90 valence electrons. The van der Waals surface area contributed by atoms with Gasteiger partial charge in [-0.1, -0.05) is 19.1 Å². The molecular formula is C13H16N2O2. The van der Waals surface area contributed by atoms with Gasteiger partial charge in [-0.3, -0.25) is 4.79 Å². The number of hydrogen-bond acceptors (Lipinski definition) is 3. The quantitative estimate of drug-likeness (QED) is 0.830. The third kappa shape index (κ3) is 3.80. The van der Waals surface area contributed by atoms with Crippen LogP contribution in [0.25, 0.3) is 0 Å². The Kier molecular flexibility index (Phi) is 4.11. The number of nitriles is 1. The van der Waals surface area contributed by atoms with Gasteiger partial charge in [0.25, 0.3) is 0 Å². The van der Waals surface area contributed by atoms with Gasteiger partial charge in [-0.2, -0.15) is 5.26 Å². The molecular weight excluding hydrogens is 216 g/mol. The van der Waals surface area contributed by atoms with E-state index < -0.39 is 5.54 Å². The molecule has 0 spiro atoms. The molecule has 1 aromatic rings. The lowest BCUT2D eigenvalue weighted by Gasteiger charge is -2.21. The van der Waals surface area contributed by atoms with Gasteiger partial charge in [-0.15, -0.1) is 0 Å². The summed E-state index contributed by atoms with van der Waals surface area (Å²) in [6.07, 6.45) is 0.709. The molecule has 0 radical (unpaired) electrons. The van der Waals surface area contributed by atoms with Crippen LogP contribution in [0, 0.1) is 11.3 Å². The van der Waals surface area contributed by atoms with Crippen LogP contribution in [0.1, 0.15) is 25.8 Å². The summed E-state index contributed by atoms with van der Waals surface area (Å²) in [7, 11) is 0. The fraction of sp³-hybridized carbons (Fsp3) is 0.385. The second-order valence-electron chi connectivity index (χ2n) is 4.19. The summed E-state index contributed by atoms with van der Waals surface area (Å²) in [5, 5.41) is 20.9. The van der Waals surface area contributed by atoms with Gasteiger partial charge >= 0.3 is 0 Å². The van der Waals surface area contributed by atoms with E-state index in [4.69, 9.17) is 5.26 Å². The van der Waals surface area contributed by atoms with E-state index in [-0.39, 0.29) is 18.1 Å². The predicted molar refractivity (Wildman–Crippen MR) is 64.3 cm³/mol. The number of carbonyl (C=O) groups is 1. The lowest BCUT2D eigenvalue weighted by atomic mass is 10.0. The number of hydrogen-bond donors (Lipinski definition) is 2. The molecule has 2 N–H and O–H groups in total. The second kappa shape index (κ2) is 5.35. The van der Waals surface area contributed by atoms with Crippen molar-refractivity contribution in [3.05, 3.63) is 29.8 Å². The highest BCUT2D eigenvalue weighted by atomic mass is 16.3. The van der Waals surface area contributed by atoms with Gasteiger partial charge in [-0.25, -0.2) is 0 Å². The molecule has 1 rings (SSSR count). The lowest BCUT2D eigenvalue weighted by molar-refractivity contribution is -0.121. The predicted octanol–water partition coefficient (Wildman–Crippen LogP) is 1.74. The smallest absolute Gasteiger partial charge is 0.225 e. The van der Waals surface area contributed by atoms with Crippen LogP contribution >= 0.6 is 0 Å². The first-order valence-corrected chi connectivity index (χ1v) is 5.49. The van der Waals surface area contributed by atoms with Crippen LogP contribution in [0.4, 0.5) is 0 Å². The Morgan fingerprint density at radius 2 is 2.29 bits per heavy atom. The number of benzene rings is 1. The molecule has 0 saturated carbocycles. The Hall–Kier alpha value is -2.02. The van der Waals surface area contributed by atoms with Crippen molar-refractivity contribution >= 4 is 5.91 Å². The lowest BCUT2D eigenvalue weighted by Crippen LogP contribution is -2.44. The summed E-state index contributed by atoms with van der Waals surface area (Å²) >= 11 is 0. The fourth-order valence-electron chi connectivity index (χ4n) is 1.40. The first kappa shape index (κ1) is 13.0. The Morgan fingerprint density at radius 1 is 1.59 bits per heavy atom. The molecule has 0 fully saturated rings. The van der Waals surface area contributed by atoms with Crippen LogP contribution in [-0.2, 0) is 11.2 Å². The summed E-state index contributed by atoms with van der Waals surface area (Å²) in [4.78, 5) is 11.7. The summed E-state index contributed by atoms with van der Waals surface area (Å²) < 4.78 is 0. The highest BCUT2D eigenvalue weighted by Crippen LogP contribution is 2.12. The average Bonchev–Trinajstić information content (AvgIpc) is 2.28. The van der Waals surface area contributed by atoms with Crippen molar-refractivity contribution in [2.45, 2.75) is 32.2 Å². The van der Waals surface area contributed by atoms with E-state index >= 15 is 0 Å². The molecule has 0 aliphatic carbocycles. The number of aromatic hydroxyl groups is 1. The molecule has 1 atom stereocenters. The Bertz CT molecular complexity index is 451. The molecule has 4 heteroatoms. The summed E-state index contributed by atoms with van der Waals surface area (Å²) in [5.74, 6) is -0.0877. The van der Waals surface area contributed by atoms with E-state index in [1.165, 1.54) is 6.07 Å². The maximum atomic E-state index is 11.7. The van der Waals surface area contributed by atoms with Crippen LogP contribution in [0.3, 0.4) is 0 Å². The van der Waals surface area contributed by atoms with Gasteiger partial charge in [0.2, 0.25) is 5.91 Å². The van der Waals surface area contributed by atoms with E-state index in [9.17, 15) is 9.90 Å². The summed E-state index contributed by atoms with van der Waals surface area (Å²) in [5.41, 5.74) is -0.104. The largest absolute Gasteiger partial charge is 0.508 e. The van der Waals surface area contributed by atoms with Crippen LogP contribution < -0.4 is 5.32 Å². The van der Waals surface area contributed by atoms with Gasteiger partial charge in [0.05, 0.1) is 12.5 Å². The molecule has 1 aromatic carbocycles. The molecule has 0 aliphatic rings. The molecule has 4 nitrogen and oxygen atoms in total. The molecule has 1 amide bonds. The minimum Gasteiger partial charge on any atom is -0.508 e. The molecule has 0 heterocycles. The van der Waals surface area contributed by atoms with Crippen molar-refractivity contribution < 1.29 is 9.90 Å². The fourth-order valence-corrected chi connectivity index (χ4v) is 1.40. The van der Waals surface area contributed by atoms with Crippen LogP contribution in [-0.4, -0.2) is 16.6 Å². The number of phenols is 1. The molecule has 1 unspecified atom stereocenters. The zero-order chi connectivity index (χ0) is 12.9. The number of nitrogens with one attached hydrogen (secondary N) is 1. The first-order valence-electron chi connectivity index (χ1n) is 5.49. The maximum Gasteiger partial charge on any atom is 0.225 e. The van der Waals surface area contributed by atoms with Crippen molar-refractivity contribution in [1.82, 2.24) is 5.32 Å². The zero-order valence-corrected chi connectivity index (χ0v) is 10.0. The molecule has 0 aliphatic heterocycles. The third-order valence-electron chi connectivity index (χ3n) is 2.64. The van der Waals surface area contributed by atoms with Gasteiger partial charge in [0.1, 0.15) is 11.3 Å². The van der Waals surface area contributed by atoms with Crippen molar-refractivity contribution in [1.29, 1.82) is 5.26 Å². The number of carbonyl (C=O) groups excluding carboxylic acids is 1. The minimum absolute atomic E-state index is 0.133. The first-order chi connectivity index (χ1) is 7.99. The summed E-state index contributed by atoms with van der Waals surface area (Å²) in [6, 6.07) is 8.60. The van der Waals surface area contributed by atoms with Crippen LogP contribution in [0.5, 0.6) is 5.75 Å². The van der Waals surface area contributed by atoms with Crippen molar-refractivity contribution in [2.24, 2.45) is 0 Å². The summed E-state index contributed by atoms with van der Waals surface area (Å²) in [6.45, 7) is 3.53. The van der Waals surface area contributed by atoms with Crippen molar-refractivity contribution in [3.63, 3.8) is 0 Å². The maximum absolute atomic E-state index is 11.7. The van der Waals surface area contributed by atoms with Crippen LogP contribution in [0.15, 0.2) is 24.3 Å². The average molecular weight is 232 g/mol. The Labute approximate surface area is 101 Å².